The number of nitrogens with one attached hydrogen (secondary N) is 1. The summed E-state index contributed by atoms with van der Waals surface area (Å²) in [5, 5.41) is 22.6. The molecule has 0 aliphatic carbocycles. The topological polar surface area (TPSA) is 96.1 Å². The van der Waals surface area contributed by atoms with E-state index < -0.39 is 30.1 Å². The van der Waals surface area contributed by atoms with Crippen molar-refractivity contribution in [3.05, 3.63) is 36.3 Å². The van der Waals surface area contributed by atoms with Gasteiger partial charge >= 0.3 is 6.18 Å². The molecule has 1 aliphatic rings. The summed E-state index contributed by atoms with van der Waals surface area (Å²) in [6, 6.07) is -0.843. The first-order valence-corrected chi connectivity index (χ1v) is 6.38. The number of hydrogen-bond donors (Lipinski definition) is 3. The van der Waals surface area contributed by atoms with E-state index in [1.165, 1.54) is 12.5 Å². The van der Waals surface area contributed by atoms with Gasteiger partial charge in [-0.25, -0.2) is 9.97 Å². The van der Waals surface area contributed by atoms with Crippen molar-refractivity contribution in [2.24, 2.45) is 0 Å². The van der Waals surface area contributed by atoms with Gasteiger partial charge in [-0.2, -0.15) is 13.2 Å². The van der Waals surface area contributed by atoms with Gasteiger partial charge in [0.25, 0.3) is 0 Å². The molecular weight excluding hydrogens is 303 g/mol. The summed E-state index contributed by atoms with van der Waals surface area (Å²) in [4.78, 5) is 10.8. The number of aliphatic hydroxyl groups excluding tert-OH is 2. The number of halogens is 3. The monoisotopic (exact) mass is 315 g/mol. The van der Waals surface area contributed by atoms with Gasteiger partial charge in [0, 0.05) is 0 Å². The Kier molecular flexibility index (Phi) is 3.49. The van der Waals surface area contributed by atoms with Crippen LogP contribution >= 0.6 is 0 Å². The third-order valence-corrected chi connectivity index (χ3v) is 3.41. The molecule has 118 valence electrons. The summed E-state index contributed by atoms with van der Waals surface area (Å²) in [5.41, 5.74) is -0.603. The number of alkyl halides is 3. The minimum atomic E-state index is -4.61. The molecule has 0 spiro atoms. The van der Waals surface area contributed by atoms with Crippen LogP contribution in [-0.4, -0.2) is 41.9 Å². The molecule has 10 heteroatoms. The fourth-order valence-corrected chi connectivity index (χ4v) is 2.34. The molecule has 22 heavy (non-hydrogen) atoms. The molecule has 0 fully saturated rings. The molecule has 0 aromatic carbocycles. The molecular formula is C12H12F3N5O2. The van der Waals surface area contributed by atoms with Crippen LogP contribution in [0.5, 0.6) is 0 Å². The third-order valence-electron chi connectivity index (χ3n) is 3.41. The van der Waals surface area contributed by atoms with Crippen molar-refractivity contribution in [1.29, 1.82) is 0 Å². The molecule has 7 nitrogen and oxygen atoms in total. The lowest BCUT2D eigenvalue weighted by molar-refractivity contribution is -0.141. The lowest BCUT2D eigenvalue weighted by atomic mass is 9.98. The highest BCUT2D eigenvalue weighted by Crippen LogP contribution is 2.30. The van der Waals surface area contributed by atoms with Gasteiger partial charge in [0.05, 0.1) is 43.2 Å². The first-order chi connectivity index (χ1) is 10.4. The third kappa shape index (κ3) is 2.62. The first kappa shape index (κ1) is 14.7. The van der Waals surface area contributed by atoms with Crippen LogP contribution in [0, 0.1) is 0 Å². The van der Waals surface area contributed by atoms with Crippen molar-refractivity contribution in [1.82, 2.24) is 19.5 Å². The van der Waals surface area contributed by atoms with Gasteiger partial charge < -0.3 is 20.1 Å². The Morgan fingerprint density at radius 2 is 1.95 bits per heavy atom. The standard InChI is InChI=1S/C12H12F3N5O2/c13-12(14,15)8-2-16-3-9(18-8)19-10-6-1-17-5-20(6)4-7(21)11(10)22/h1-3,5,7,10-11,21-22H,4H2,(H,18,19)/t7-,10-,11-/m0/s1. The summed E-state index contributed by atoms with van der Waals surface area (Å²) in [5.74, 6) is -0.152. The molecule has 1 aliphatic heterocycles. The second kappa shape index (κ2) is 5.21. The second-order valence-electron chi connectivity index (χ2n) is 4.94. The predicted octanol–water partition coefficient (Wildman–Crippen LogP) is 0.580. The van der Waals surface area contributed by atoms with Crippen LogP contribution in [0.4, 0.5) is 19.0 Å². The maximum Gasteiger partial charge on any atom is 0.434 e. The Morgan fingerprint density at radius 3 is 2.68 bits per heavy atom. The summed E-state index contributed by atoms with van der Waals surface area (Å²) in [6.45, 7) is 0.156. The summed E-state index contributed by atoms with van der Waals surface area (Å²) >= 11 is 0. The molecule has 3 heterocycles. The highest BCUT2D eigenvalue weighted by Gasteiger charge is 2.36. The average Bonchev–Trinajstić information content (AvgIpc) is 2.91. The van der Waals surface area contributed by atoms with E-state index in [0.717, 1.165) is 6.20 Å². The van der Waals surface area contributed by atoms with E-state index in [1.54, 1.807) is 4.57 Å². The van der Waals surface area contributed by atoms with E-state index in [9.17, 15) is 23.4 Å². The van der Waals surface area contributed by atoms with Gasteiger partial charge in [-0.15, -0.1) is 0 Å². The minimum Gasteiger partial charge on any atom is -0.388 e. The van der Waals surface area contributed by atoms with E-state index in [0.29, 0.717) is 11.9 Å². The number of anilines is 1. The number of aliphatic hydroxyl groups is 2. The number of aromatic nitrogens is 4. The molecule has 0 saturated heterocycles. The van der Waals surface area contributed by atoms with Crippen LogP contribution in [-0.2, 0) is 12.7 Å². The van der Waals surface area contributed by atoms with Crippen LogP contribution in [0.2, 0.25) is 0 Å². The number of fused-ring (bicyclic) bond motifs is 1. The Bertz CT molecular complexity index is 675. The van der Waals surface area contributed by atoms with E-state index >= 15 is 0 Å². The summed E-state index contributed by atoms with van der Waals surface area (Å²) < 4.78 is 39.5. The Morgan fingerprint density at radius 1 is 1.18 bits per heavy atom. The molecule has 3 atom stereocenters. The van der Waals surface area contributed by atoms with Crippen LogP contribution in [0.25, 0.3) is 0 Å². The van der Waals surface area contributed by atoms with Crippen LogP contribution in [0.3, 0.4) is 0 Å². The van der Waals surface area contributed by atoms with Crippen LogP contribution < -0.4 is 5.32 Å². The van der Waals surface area contributed by atoms with Crippen molar-refractivity contribution < 1.29 is 23.4 Å². The highest BCUT2D eigenvalue weighted by atomic mass is 19.4. The summed E-state index contributed by atoms with van der Waals surface area (Å²) in [6.07, 6.45) is -2.23. The fraction of sp³-hybridized carbons (Fsp3) is 0.417. The van der Waals surface area contributed by atoms with Gasteiger partial charge in [0.2, 0.25) is 0 Å². The Balaban J connectivity index is 1.90. The number of hydrogen-bond acceptors (Lipinski definition) is 6. The van der Waals surface area contributed by atoms with E-state index in [4.69, 9.17) is 0 Å². The van der Waals surface area contributed by atoms with E-state index in [-0.39, 0.29) is 12.4 Å². The zero-order chi connectivity index (χ0) is 15.9. The SMILES string of the molecule is O[C@H]1[C@@H](O)Cn2cncc2[C@@H]1Nc1cncc(C(F)(F)F)n1. The molecule has 2 aromatic rings. The second-order valence-corrected chi connectivity index (χ2v) is 4.94. The van der Waals surface area contributed by atoms with Crippen molar-refractivity contribution in [2.75, 3.05) is 5.32 Å². The number of rotatable bonds is 2. The lowest BCUT2D eigenvalue weighted by Gasteiger charge is -2.33. The Hall–Kier alpha value is -2.20. The number of imidazole rings is 1. The molecule has 0 radical (unpaired) electrons. The van der Waals surface area contributed by atoms with Crippen molar-refractivity contribution >= 4 is 5.82 Å². The zero-order valence-electron chi connectivity index (χ0n) is 11.1. The maximum absolute atomic E-state index is 12.6. The van der Waals surface area contributed by atoms with Gasteiger partial charge in [-0.1, -0.05) is 0 Å². The quantitative estimate of drug-likeness (QED) is 0.750. The molecule has 0 saturated carbocycles. The van der Waals surface area contributed by atoms with E-state index in [2.05, 4.69) is 20.3 Å². The minimum absolute atomic E-state index is 0.152. The van der Waals surface area contributed by atoms with Gasteiger partial charge in [0.15, 0.2) is 5.69 Å². The summed E-state index contributed by atoms with van der Waals surface area (Å²) in [7, 11) is 0. The maximum atomic E-state index is 12.6. The smallest absolute Gasteiger partial charge is 0.388 e. The molecule has 0 amide bonds. The Labute approximate surface area is 122 Å². The molecule has 2 aromatic heterocycles. The van der Waals surface area contributed by atoms with Crippen LogP contribution in [0.1, 0.15) is 17.4 Å². The first-order valence-electron chi connectivity index (χ1n) is 6.38. The van der Waals surface area contributed by atoms with Crippen molar-refractivity contribution in [3.8, 4) is 0 Å². The average molecular weight is 315 g/mol. The van der Waals surface area contributed by atoms with Crippen molar-refractivity contribution in [2.45, 2.75) is 31.0 Å². The van der Waals surface area contributed by atoms with Gasteiger partial charge in [0.1, 0.15) is 18.0 Å². The number of nitrogens with zero attached hydrogens (tertiary/aromatic N) is 4. The van der Waals surface area contributed by atoms with Gasteiger partial charge in [-0.3, -0.25) is 4.98 Å². The zero-order valence-corrected chi connectivity index (χ0v) is 11.1. The predicted molar refractivity (Wildman–Crippen MR) is 67.6 cm³/mol. The lowest BCUT2D eigenvalue weighted by Crippen LogP contribution is -2.44. The normalized spacial score (nSPS) is 24.9. The van der Waals surface area contributed by atoms with Crippen LogP contribution in [0.15, 0.2) is 24.9 Å². The van der Waals surface area contributed by atoms with Crippen molar-refractivity contribution in [3.63, 3.8) is 0 Å². The molecule has 3 N–H and O–H groups in total. The molecule has 3 rings (SSSR count). The molecule has 0 unspecified atom stereocenters. The fourth-order valence-electron chi connectivity index (χ4n) is 2.34. The highest BCUT2D eigenvalue weighted by molar-refractivity contribution is 5.37. The van der Waals surface area contributed by atoms with Gasteiger partial charge in [-0.05, 0) is 0 Å². The molecule has 0 bridgehead atoms. The van der Waals surface area contributed by atoms with E-state index in [1.807, 2.05) is 0 Å². The largest absolute Gasteiger partial charge is 0.434 e.